The Kier molecular flexibility index (Phi) is 3.26. The highest BCUT2D eigenvalue weighted by atomic mass is 16.5. The molecular weight excluding hydrogens is 262 g/mol. The van der Waals surface area contributed by atoms with Crippen LogP contribution in [0.3, 0.4) is 0 Å². The summed E-state index contributed by atoms with van der Waals surface area (Å²) in [5, 5.41) is 7.80. The Morgan fingerprint density at radius 2 is 1.95 bits per heavy atom. The summed E-state index contributed by atoms with van der Waals surface area (Å²) in [7, 11) is 0. The van der Waals surface area contributed by atoms with E-state index in [4.69, 9.17) is 9.51 Å². The molecule has 1 N–H and O–H groups in total. The first-order valence-corrected chi connectivity index (χ1v) is 8.01. The van der Waals surface area contributed by atoms with Crippen LogP contribution in [0.5, 0.6) is 0 Å². The number of hydrogen-bond donors (Lipinski definition) is 1. The smallest absolute Gasteiger partial charge is 0.237 e. The lowest BCUT2D eigenvalue weighted by molar-refractivity contribution is 0.348. The normalized spacial score (nSPS) is 24.5. The van der Waals surface area contributed by atoms with Gasteiger partial charge < -0.3 is 9.84 Å². The number of rotatable bonds is 3. The summed E-state index contributed by atoms with van der Waals surface area (Å²) in [5.41, 5.74) is 1.28. The molecule has 4 rings (SSSR count). The van der Waals surface area contributed by atoms with Crippen molar-refractivity contribution in [3.8, 4) is 0 Å². The van der Waals surface area contributed by atoms with Gasteiger partial charge in [-0.15, -0.1) is 0 Å². The van der Waals surface area contributed by atoms with Gasteiger partial charge in [-0.1, -0.05) is 48.3 Å². The lowest BCUT2D eigenvalue weighted by Crippen LogP contribution is -2.21. The predicted octanol–water partition coefficient (Wildman–Crippen LogP) is 3.35. The number of nitrogens with zero attached hydrogens (tertiary/aromatic N) is 2. The Hall–Kier alpha value is -1.68. The Labute approximate surface area is 124 Å². The summed E-state index contributed by atoms with van der Waals surface area (Å²) in [5.74, 6) is 1.64. The maximum atomic E-state index is 5.64. The minimum atomic E-state index is -0.0166. The second-order valence-corrected chi connectivity index (χ2v) is 6.26. The highest BCUT2D eigenvalue weighted by Crippen LogP contribution is 2.52. The molecule has 1 aromatic carbocycles. The van der Waals surface area contributed by atoms with Gasteiger partial charge in [-0.3, -0.25) is 0 Å². The highest BCUT2D eigenvalue weighted by molar-refractivity contribution is 5.38. The van der Waals surface area contributed by atoms with E-state index in [1.54, 1.807) is 0 Å². The van der Waals surface area contributed by atoms with E-state index in [2.05, 4.69) is 34.7 Å². The first-order valence-electron chi connectivity index (χ1n) is 8.01. The van der Waals surface area contributed by atoms with Crippen LogP contribution in [0.25, 0.3) is 0 Å². The van der Waals surface area contributed by atoms with E-state index in [0.29, 0.717) is 0 Å². The standard InChI is InChI=1S/C17H21N3O/c1-3-7-13(8-4-1)17(10-11-17)16-19-15(20-21-16)14-9-5-2-6-12-18-14/h1,3-4,7-8,14,18H,2,5-6,9-12H2. The Balaban J connectivity index is 1.60. The zero-order valence-electron chi connectivity index (χ0n) is 12.2. The Morgan fingerprint density at radius 1 is 1.10 bits per heavy atom. The van der Waals surface area contributed by atoms with Crippen LogP contribution in [-0.2, 0) is 5.41 Å². The van der Waals surface area contributed by atoms with Crippen LogP contribution in [0, 0.1) is 0 Å². The van der Waals surface area contributed by atoms with E-state index in [1.807, 2.05) is 6.07 Å². The molecule has 110 valence electrons. The highest BCUT2D eigenvalue weighted by Gasteiger charge is 2.51. The lowest BCUT2D eigenvalue weighted by atomic mass is 9.96. The molecule has 21 heavy (non-hydrogen) atoms. The predicted molar refractivity (Wildman–Crippen MR) is 80.0 cm³/mol. The number of benzene rings is 1. The van der Waals surface area contributed by atoms with Gasteiger partial charge in [-0.05, 0) is 37.8 Å². The average molecular weight is 283 g/mol. The van der Waals surface area contributed by atoms with Crippen LogP contribution in [0.1, 0.15) is 61.8 Å². The second-order valence-electron chi connectivity index (χ2n) is 6.26. The molecule has 0 amide bonds. The Morgan fingerprint density at radius 3 is 2.76 bits per heavy atom. The van der Waals surface area contributed by atoms with E-state index in [0.717, 1.165) is 37.5 Å². The molecule has 1 aliphatic heterocycles. The SMILES string of the molecule is c1ccc(C2(c3nc(C4CCCCCN4)no3)CC2)cc1. The van der Waals surface area contributed by atoms with Gasteiger partial charge in [0.15, 0.2) is 5.82 Å². The van der Waals surface area contributed by atoms with Gasteiger partial charge in [0, 0.05) is 0 Å². The molecule has 1 atom stereocenters. The van der Waals surface area contributed by atoms with Crippen molar-refractivity contribution in [2.75, 3.05) is 6.54 Å². The minimum absolute atomic E-state index is 0.0166. The second kappa shape index (κ2) is 5.26. The van der Waals surface area contributed by atoms with Gasteiger partial charge in [-0.25, -0.2) is 0 Å². The number of hydrogen-bond acceptors (Lipinski definition) is 4. The maximum Gasteiger partial charge on any atom is 0.237 e. The zero-order chi connectivity index (χ0) is 14.1. The quantitative estimate of drug-likeness (QED) is 0.938. The molecule has 0 spiro atoms. The molecule has 2 aromatic rings. The van der Waals surface area contributed by atoms with Crippen molar-refractivity contribution in [2.24, 2.45) is 0 Å². The van der Waals surface area contributed by atoms with E-state index < -0.39 is 0 Å². The molecule has 1 unspecified atom stereocenters. The van der Waals surface area contributed by atoms with Crippen LogP contribution in [0.2, 0.25) is 0 Å². The largest absolute Gasteiger partial charge is 0.338 e. The summed E-state index contributed by atoms with van der Waals surface area (Å²) in [6.07, 6.45) is 7.10. The lowest BCUT2D eigenvalue weighted by Gasteiger charge is -2.11. The van der Waals surface area contributed by atoms with E-state index >= 15 is 0 Å². The fraction of sp³-hybridized carbons (Fsp3) is 0.529. The minimum Gasteiger partial charge on any atom is -0.338 e. The van der Waals surface area contributed by atoms with Crippen LogP contribution in [0.4, 0.5) is 0 Å². The van der Waals surface area contributed by atoms with Gasteiger partial charge in [0.05, 0.1) is 11.5 Å². The van der Waals surface area contributed by atoms with Gasteiger partial charge in [0.1, 0.15) is 0 Å². The monoisotopic (exact) mass is 283 g/mol. The fourth-order valence-electron chi connectivity index (χ4n) is 3.33. The van der Waals surface area contributed by atoms with Gasteiger partial charge in [0.2, 0.25) is 5.89 Å². The van der Waals surface area contributed by atoms with Crippen LogP contribution >= 0.6 is 0 Å². The summed E-state index contributed by atoms with van der Waals surface area (Å²) in [6, 6.07) is 10.8. The number of nitrogens with one attached hydrogen (secondary N) is 1. The van der Waals surface area contributed by atoms with Crippen molar-refractivity contribution in [1.82, 2.24) is 15.5 Å². The molecule has 2 heterocycles. The third-order valence-electron chi connectivity index (χ3n) is 4.80. The van der Waals surface area contributed by atoms with E-state index in [-0.39, 0.29) is 11.5 Å². The van der Waals surface area contributed by atoms with E-state index in [9.17, 15) is 0 Å². The average Bonchev–Trinajstić information content (AvgIpc) is 3.28. The molecule has 0 bridgehead atoms. The van der Waals surface area contributed by atoms with Crippen LogP contribution in [0.15, 0.2) is 34.9 Å². The molecule has 1 aromatic heterocycles. The first-order chi connectivity index (χ1) is 10.4. The third-order valence-corrected chi connectivity index (χ3v) is 4.80. The maximum absolute atomic E-state index is 5.64. The molecule has 1 saturated heterocycles. The fourth-order valence-corrected chi connectivity index (χ4v) is 3.33. The van der Waals surface area contributed by atoms with Crippen molar-refractivity contribution >= 4 is 0 Å². The van der Waals surface area contributed by atoms with Gasteiger partial charge in [-0.2, -0.15) is 4.98 Å². The molecule has 1 aliphatic carbocycles. The molecule has 2 aliphatic rings. The summed E-state index contributed by atoms with van der Waals surface area (Å²) >= 11 is 0. The zero-order valence-corrected chi connectivity index (χ0v) is 12.2. The molecular formula is C17H21N3O. The first kappa shape index (κ1) is 13.0. The van der Waals surface area contributed by atoms with E-state index in [1.165, 1.54) is 24.8 Å². The number of aromatic nitrogens is 2. The van der Waals surface area contributed by atoms with Crippen LogP contribution < -0.4 is 5.32 Å². The summed E-state index contributed by atoms with van der Waals surface area (Å²) in [6.45, 7) is 1.05. The van der Waals surface area contributed by atoms with Gasteiger partial charge >= 0.3 is 0 Å². The molecule has 4 nitrogen and oxygen atoms in total. The van der Waals surface area contributed by atoms with Gasteiger partial charge in [0.25, 0.3) is 0 Å². The summed E-state index contributed by atoms with van der Waals surface area (Å²) in [4.78, 5) is 4.75. The topological polar surface area (TPSA) is 51.0 Å². The van der Waals surface area contributed by atoms with Crippen molar-refractivity contribution in [1.29, 1.82) is 0 Å². The molecule has 4 heteroatoms. The Bertz CT molecular complexity index is 596. The van der Waals surface area contributed by atoms with Crippen molar-refractivity contribution < 1.29 is 4.52 Å². The van der Waals surface area contributed by atoms with Crippen molar-refractivity contribution in [2.45, 2.75) is 50.0 Å². The van der Waals surface area contributed by atoms with Crippen molar-refractivity contribution in [3.05, 3.63) is 47.6 Å². The molecule has 2 fully saturated rings. The summed E-state index contributed by atoms with van der Waals surface area (Å²) < 4.78 is 5.64. The molecule has 1 saturated carbocycles. The molecule has 0 radical (unpaired) electrons. The third kappa shape index (κ3) is 2.38. The van der Waals surface area contributed by atoms with Crippen LogP contribution in [-0.4, -0.2) is 16.7 Å². The van der Waals surface area contributed by atoms with Crippen molar-refractivity contribution in [3.63, 3.8) is 0 Å².